The molecule has 2 heterocycles. The molecule has 0 aromatic carbocycles. The first-order valence-corrected chi connectivity index (χ1v) is 7.63. The molecular formula is C14H17BrN2O4. The van der Waals surface area contributed by atoms with Crippen LogP contribution in [0.4, 0.5) is 0 Å². The van der Waals surface area contributed by atoms with Gasteiger partial charge in [0.05, 0.1) is 5.92 Å². The van der Waals surface area contributed by atoms with Crippen molar-refractivity contribution in [3.8, 4) is 0 Å². The topological polar surface area (TPSA) is 79.6 Å². The first-order chi connectivity index (χ1) is 9.97. The van der Waals surface area contributed by atoms with Gasteiger partial charge in [0.25, 0.3) is 5.56 Å². The smallest absolute Gasteiger partial charge is 0.308 e. The molecule has 2 rings (SSSR count). The molecule has 1 aliphatic heterocycles. The number of hydrogen-bond acceptors (Lipinski definition) is 3. The lowest BCUT2D eigenvalue weighted by Gasteiger charge is -2.30. The number of nitrogens with zero attached hydrogens (tertiary/aromatic N) is 2. The first-order valence-electron chi connectivity index (χ1n) is 6.84. The molecule has 7 heteroatoms. The van der Waals surface area contributed by atoms with Crippen LogP contribution in [0.5, 0.6) is 0 Å². The van der Waals surface area contributed by atoms with Crippen molar-refractivity contribution >= 4 is 27.8 Å². The van der Waals surface area contributed by atoms with Crippen LogP contribution in [0.1, 0.15) is 19.3 Å². The summed E-state index contributed by atoms with van der Waals surface area (Å²) in [5.41, 5.74) is -0.159. The number of carbonyl (C=O) groups is 2. The second kappa shape index (κ2) is 6.89. The molecule has 0 bridgehead atoms. The summed E-state index contributed by atoms with van der Waals surface area (Å²) in [7, 11) is 0. The van der Waals surface area contributed by atoms with Crippen LogP contribution >= 0.6 is 15.9 Å². The van der Waals surface area contributed by atoms with E-state index < -0.39 is 11.9 Å². The second-order valence-corrected chi connectivity index (χ2v) is 6.06. The number of aliphatic carboxylic acids is 1. The number of carboxylic acids is 1. The maximum Gasteiger partial charge on any atom is 0.308 e. The number of rotatable bonds is 4. The Morgan fingerprint density at radius 3 is 2.86 bits per heavy atom. The van der Waals surface area contributed by atoms with Crippen molar-refractivity contribution in [1.82, 2.24) is 9.47 Å². The molecule has 1 fully saturated rings. The predicted molar refractivity (Wildman–Crippen MR) is 80.0 cm³/mol. The quantitative estimate of drug-likeness (QED) is 0.882. The van der Waals surface area contributed by atoms with Crippen LogP contribution in [-0.2, 0) is 16.1 Å². The normalized spacial score (nSPS) is 18.5. The average Bonchev–Trinajstić information content (AvgIpc) is 2.48. The van der Waals surface area contributed by atoms with Crippen molar-refractivity contribution in [2.24, 2.45) is 5.92 Å². The van der Waals surface area contributed by atoms with E-state index in [1.165, 1.54) is 10.6 Å². The summed E-state index contributed by atoms with van der Waals surface area (Å²) in [6.45, 7) is 1.16. The zero-order valence-electron chi connectivity index (χ0n) is 11.5. The number of aryl methyl sites for hydroxylation is 1. The fourth-order valence-electron chi connectivity index (χ4n) is 2.46. The van der Waals surface area contributed by atoms with Crippen LogP contribution in [-0.4, -0.2) is 39.5 Å². The van der Waals surface area contributed by atoms with Gasteiger partial charge in [-0.1, -0.05) is 0 Å². The van der Waals surface area contributed by atoms with E-state index in [1.54, 1.807) is 17.2 Å². The van der Waals surface area contributed by atoms with Crippen LogP contribution in [0.3, 0.4) is 0 Å². The van der Waals surface area contributed by atoms with Crippen molar-refractivity contribution in [3.63, 3.8) is 0 Å². The van der Waals surface area contributed by atoms with Crippen molar-refractivity contribution in [1.29, 1.82) is 0 Å². The zero-order chi connectivity index (χ0) is 15.4. The summed E-state index contributed by atoms with van der Waals surface area (Å²) in [4.78, 5) is 36.4. The number of carbonyl (C=O) groups excluding carboxylic acids is 1. The number of aromatic nitrogens is 1. The van der Waals surface area contributed by atoms with E-state index in [9.17, 15) is 14.4 Å². The third-order valence-corrected chi connectivity index (χ3v) is 4.11. The van der Waals surface area contributed by atoms with Gasteiger partial charge in [-0.25, -0.2) is 0 Å². The minimum absolute atomic E-state index is 0.104. The monoisotopic (exact) mass is 356 g/mol. The average molecular weight is 357 g/mol. The molecule has 1 aromatic rings. The Kier molecular flexibility index (Phi) is 5.17. The number of likely N-dealkylation sites (tertiary alicyclic amines) is 1. The Balaban J connectivity index is 1.94. The molecule has 21 heavy (non-hydrogen) atoms. The molecule has 0 saturated carbocycles. The zero-order valence-corrected chi connectivity index (χ0v) is 13.1. The molecule has 1 N–H and O–H groups in total. The molecule has 0 radical (unpaired) electrons. The summed E-state index contributed by atoms with van der Waals surface area (Å²) in [5, 5.41) is 9.02. The minimum atomic E-state index is -0.851. The van der Waals surface area contributed by atoms with E-state index in [0.29, 0.717) is 25.9 Å². The molecule has 1 aromatic heterocycles. The molecule has 0 spiro atoms. The lowest BCUT2D eigenvalue weighted by Crippen LogP contribution is -2.42. The highest BCUT2D eigenvalue weighted by Gasteiger charge is 2.27. The Labute approximate surface area is 130 Å². The van der Waals surface area contributed by atoms with Gasteiger partial charge in [-0.3, -0.25) is 14.4 Å². The Bertz CT molecular complexity index is 599. The van der Waals surface area contributed by atoms with Gasteiger partial charge in [-0.15, -0.1) is 0 Å². The summed E-state index contributed by atoms with van der Waals surface area (Å²) >= 11 is 3.28. The molecule has 6 nitrogen and oxygen atoms in total. The number of hydrogen-bond donors (Lipinski definition) is 1. The third kappa shape index (κ3) is 4.17. The maximum atomic E-state index is 12.1. The number of piperidine rings is 1. The van der Waals surface area contributed by atoms with Gasteiger partial charge in [0.1, 0.15) is 0 Å². The van der Waals surface area contributed by atoms with Gasteiger partial charge in [-0.05, 0) is 34.8 Å². The molecule has 1 amide bonds. The van der Waals surface area contributed by atoms with E-state index in [1.807, 2.05) is 0 Å². The van der Waals surface area contributed by atoms with E-state index >= 15 is 0 Å². The summed E-state index contributed by atoms with van der Waals surface area (Å²) in [6.07, 6.45) is 3.16. The molecule has 1 saturated heterocycles. The summed E-state index contributed by atoms with van der Waals surface area (Å²) in [5.74, 6) is -1.43. The van der Waals surface area contributed by atoms with Gasteiger partial charge < -0.3 is 14.6 Å². The SMILES string of the molecule is O=C(O)[C@H]1CCCN(C(=O)CCn2cc(Br)ccc2=O)C1. The van der Waals surface area contributed by atoms with Crippen molar-refractivity contribution < 1.29 is 14.7 Å². The highest BCUT2D eigenvalue weighted by atomic mass is 79.9. The standard InChI is InChI=1S/C14H17BrN2O4/c15-11-3-4-12(18)17(9-11)7-5-13(19)16-6-1-2-10(8-16)14(20)21/h3-4,9-10H,1-2,5-8H2,(H,20,21)/t10-/m0/s1. The van der Waals surface area contributed by atoms with Crippen molar-refractivity contribution in [2.45, 2.75) is 25.8 Å². The van der Waals surface area contributed by atoms with Crippen LogP contribution in [0, 0.1) is 5.92 Å². The van der Waals surface area contributed by atoms with E-state index in [4.69, 9.17) is 5.11 Å². The second-order valence-electron chi connectivity index (χ2n) is 5.15. The number of amides is 1. The van der Waals surface area contributed by atoms with Crippen LogP contribution in [0.2, 0.25) is 0 Å². The highest BCUT2D eigenvalue weighted by molar-refractivity contribution is 9.10. The van der Waals surface area contributed by atoms with Gasteiger partial charge in [0.15, 0.2) is 0 Å². The van der Waals surface area contributed by atoms with Crippen LogP contribution < -0.4 is 5.56 Å². The molecule has 1 aliphatic rings. The van der Waals surface area contributed by atoms with Crippen LogP contribution in [0.15, 0.2) is 27.6 Å². The Morgan fingerprint density at radius 2 is 2.14 bits per heavy atom. The molecular weight excluding hydrogens is 340 g/mol. The number of carboxylic acid groups (broad SMARTS) is 1. The van der Waals surface area contributed by atoms with E-state index in [2.05, 4.69) is 15.9 Å². The fourth-order valence-corrected chi connectivity index (χ4v) is 2.84. The number of pyridine rings is 1. The minimum Gasteiger partial charge on any atom is -0.481 e. The lowest BCUT2D eigenvalue weighted by molar-refractivity contribution is -0.145. The van der Waals surface area contributed by atoms with E-state index in [0.717, 1.165) is 4.47 Å². The largest absolute Gasteiger partial charge is 0.481 e. The van der Waals surface area contributed by atoms with Crippen molar-refractivity contribution in [3.05, 3.63) is 33.2 Å². The lowest BCUT2D eigenvalue weighted by atomic mass is 9.98. The summed E-state index contributed by atoms with van der Waals surface area (Å²) in [6, 6.07) is 3.10. The first kappa shape index (κ1) is 15.8. The van der Waals surface area contributed by atoms with E-state index in [-0.39, 0.29) is 24.4 Å². The van der Waals surface area contributed by atoms with Gasteiger partial charge in [0.2, 0.25) is 5.91 Å². The molecule has 114 valence electrons. The van der Waals surface area contributed by atoms with Crippen molar-refractivity contribution in [2.75, 3.05) is 13.1 Å². The van der Waals surface area contributed by atoms with Crippen LogP contribution in [0.25, 0.3) is 0 Å². The number of halogens is 1. The Hall–Kier alpha value is -1.63. The third-order valence-electron chi connectivity index (χ3n) is 3.64. The Morgan fingerprint density at radius 1 is 1.38 bits per heavy atom. The predicted octanol–water partition coefficient (Wildman–Crippen LogP) is 1.32. The fraction of sp³-hybridized carbons (Fsp3) is 0.500. The summed E-state index contributed by atoms with van der Waals surface area (Å²) < 4.78 is 2.25. The highest BCUT2D eigenvalue weighted by Crippen LogP contribution is 2.17. The molecule has 1 atom stereocenters. The van der Waals surface area contributed by atoms with Gasteiger partial charge in [0, 0.05) is 42.8 Å². The molecule has 0 aliphatic carbocycles. The van der Waals surface area contributed by atoms with Gasteiger partial charge >= 0.3 is 5.97 Å². The molecule has 0 unspecified atom stereocenters. The van der Waals surface area contributed by atoms with Gasteiger partial charge in [-0.2, -0.15) is 0 Å². The maximum absolute atomic E-state index is 12.1.